The first-order valence-corrected chi connectivity index (χ1v) is 6.44. The second kappa shape index (κ2) is 6.66. The van der Waals surface area contributed by atoms with Gasteiger partial charge in [0.1, 0.15) is 11.5 Å². The van der Waals surface area contributed by atoms with Crippen LogP contribution in [0.3, 0.4) is 0 Å². The summed E-state index contributed by atoms with van der Waals surface area (Å²) in [5, 5.41) is 3.12. The monoisotopic (exact) mass is 269 g/mol. The number of anilines is 1. The number of rotatable bonds is 5. The predicted molar refractivity (Wildman–Crippen MR) is 84.5 cm³/mol. The van der Waals surface area contributed by atoms with Crippen LogP contribution in [0.25, 0.3) is 12.2 Å². The van der Waals surface area contributed by atoms with E-state index in [1.807, 2.05) is 43.4 Å². The fourth-order valence-corrected chi connectivity index (χ4v) is 1.89. The molecule has 0 bridgehead atoms. The van der Waals surface area contributed by atoms with Gasteiger partial charge in [0.2, 0.25) is 0 Å². The van der Waals surface area contributed by atoms with Crippen molar-refractivity contribution in [3.05, 3.63) is 53.6 Å². The van der Waals surface area contributed by atoms with Crippen molar-refractivity contribution in [2.24, 2.45) is 0 Å². The van der Waals surface area contributed by atoms with Crippen LogP contribution in [0.2, 0.25) is 0 Å². The topological polar surface area (TPSA) is 30.5 Å². The number of hydrogen-bond donors (Lipinski definition) is 1. The number of nitrogens with one attached hydrogen (secondary N) is 1. The summed E-state index contributed by atoms with van der Waals surface area (Å²) in [6.45, 7) is 0. The van der Waals surface area contributed by atoms with Gasteiger partial charge in [0, 0.05) is 18.8 Å². The lowest BCUT2D eigenvalue weighted by Gasteiger charge is -2.06. The molecule has 0 fully saturated rings. The van der Waals surface area contributed by atoms with Crippen LogP contribution < -0.4 is 14.8 Å². The molecule has 0 aliphatic rings. The van der Waals surface area contributed by atoms with E-state index in [2.05, 4.69) is 23.5 Å². The van der Waals surface area contributed by atoms with Gasteiger partial charge in [-0.05, 0) is 35.4 Å². The summed E-state index contributed by atoms with van der Waals surface area (Å²) < 4.78 is 10.4. The van der Waals surface area contributed by atoms with Gasteiger partial charge in [0.15, 0.2) is 0 Å². The second-order valence-electron chi connectivity index (χ2n) is 4.35. The zero-order valence-corrected chi connectivity index (χ0v) is 12.0. The minimum Gasteiger partial charge on any atom is -0.497 e. The van der Waals surface area contributed by atoms with Crippen molar-refractivity contribution in [2.45, 2.75) is 0 Å². The minimum absolute atomic E-state index is 0.839. The summed E-state index contributed by atoms with van der Waals surface area (Å²) >= 11 is 0. The van der Waals surface area contributed by atoms with Gasteiger partial charge < -0.3 is 14.8 Å². The minimum atomic E-state index is 0.839. The molecule has 0 heterocycles. The first-order valence-electron chi connectivity index (χ1n) is 6.44. The van der Waals surface area contributed by atoms with Crippen molar-refractivity contribution in [1.82, 2.24) is 0 Å². The zero-order chi connectivity index (χ0) is 14.4. The van der Waals surface area contributed by atoms with Crippen molar-refractivity contribution in [3.8, 4) is 11.5 Å². The molecule has 20 heavy (non-hydrogen) atoms. The second-order valence-corrected chi connectivity index (χ2v) is 4.35. The highest BCUT2D eigenvalue weighted by Crippen LogP contribution is 2.22. The average Bonchev–Trinajstić information content (AvgIpc) is 2.53. The number of ether oxygens (including phenoxy) is 2. The van der Waals surface area contributed by atoms with Crippen molar-refractivity contribution in [2.75, 3.05) is 26.6 Å². The highest BCUT2D eigenvalue weighted by atomic mass is 16.5. The molecule has 1 N–H and O–H groups in total. The Morgan fingerprint density at radius 2 is 1.45 bits per heavy atom. The van der Waals surface area contributed by atoms with Crippen LogP contribution in [0.15, 0.2) is 42.5 Å². The van der Waals surface area contributed by atoms with E-state index < -0.39 is 0 Å². The maximum absolute atomic E-state index is 5.29. The molecule has 0 radical (unpaired) electrons. The summed E-state index contributed by atoms with van der Waals surface area (Å²) in [5.74, 6) is 1.70. The van der Waals surface area contributed by atoms with Crippen molar-refractivity contribution < 1.29 is 9.47 Å². The third kappa shape index (κ3) is 3.54. The van der Waals surface area contributed by atoms with Crippen LogP contribution in [0, 0.1) is 0 Å². The van der Waals surface area contributed by atoms with Crippen LogP contribution in [-0.4, -0.2) is 21.3 Å². The molecule has 0 aromatic heterocycles. The third-order valence-corrected chi connectivity index (χ3v) is 3.04. The maximum Gasteiger partial charge on any atom is 0.121 e. The SMILES string of the molecule is CNc1cc(C=Cc2ccc(OC)cc2)cc(OC)c1. The highest BCUT2D eigenvalue weighted by molar-refractivity contribution is 5.72. The molecule has 0 saturated heterocycles. The summed E-state index contributed by atoms with van der Waals surface area (Å²) in [6, 6.07) is 14.0. The standard InChI is InChI=1S/C17H19NO2/c1-18-15-10-14(11-17(12-15)20-3)5-4-13-6-8-16(19-2)9-7-13/h4-12,18H,1-3H3. The van der Waals surface area contributed by atoms with E-state index in [0.717, 1.165) is 28.3 Å². The van der Waals surface area contributed by atoms with Gasteiger partial charge in [0.25, 0.3) is 0 Å². The lowest BCUT2D eigenvalue weighted by Crippen LogP contribution is -1.91. The molecule has 3 nitrogen and oxygen atoms in total. The Morgan fingerprint density at radius 3 is 2.05 bits per heavy atom. The van der Waals surface area contributed by atoms with Crippen LogP contribution in [0.4, 0.5) is 5.69 Å². The van der Waals surface area contributed by atoms with Gasteiger partial charge >= 0.3 is 0 Å². The Kier molecular flexibility index (Phi) is 4.66. The number of methoxy groups -OCH3 is 2. The van der Waals surface area contributed by atoms with E-state index in [4.69, 9.17) is 9.47 Å². The van der Waals surface area contributed by atoms with Crippen LogP contribution >= 0.6 is 0 Å². The molecular weight excluding hydrogens is 250 g/mol. The van der Waals surface area contributed by atoms with Crippen molar-refractivity contribution in [1.29, 1.82) is 0 Å². The van der Waals surface area contributed by atoms with Gasteiger partial charge in [-0.1, -0.05) is 24.3 Å². The summed E-state index contributed by atoms with van der Waals surface area (Å²) in [7, 11) is 5.23. The van der Waals surface area contributed by atoms with E-state index in [0.29, 0.717) is 0 Å². The number of benzene rings is 2. The Balaban J connectivity index is 2.21. The van der Waals surface area contributed by atoms with Crippen LogP contribution in [-0.2, 0) is 0 Å². The maximum atomic E-state index is 5.29. The Labute approximate surface area is 119 Å². The summed E-state index contributed by atoms with van der Waals surface area (Å²) in [5.41, 5.74) is 3.24. The molecule has 0 saturated carbocycles. The molecule has 2 aromatic rings. The van der Waals surface area contributed by atoms with Crippen molar-refractivity contribution in [3.63, 3.8) is 0 Å². The van der Waals surface area contributed by atoms with Gasteiger partial charge in [-0.15, -0.1) is 0 Å². The molecular formula is C17H19NO2. The molecule has 0 amide bonds. The van der Waals surface area contributed by atoms with Gasteiger partial charge in [0.05, 0.1) is 14.2 Å². The predicted octanol–water partition coefficient (Wildman–Crippen LogP) is 3.92. The smallest absolute Gasteiger partial charge is 0.121 e. The molecule has 0 unspecified atom stereocenters. The average molecular weight is 269 g/mol. The lowest BCUT2D eigenvalue weighted by molar-refractivity contribution is 0.414. The van der Waals surface area contributed by atoms with E-state index in [-0.39, 0.29) is 0 Å². The first-order chi connectivity index (χ1) is 9.75. The fourth-order valence-electron chi connectivity index (χ4n) is 1.89. The molecule has 0 spiro atoms. The number of hydrogen-bond acceptors (Lipinski definition) is 3. The lowest BCUT2D eigenvalue weighted by atomic mass is 10.1. The van der Waals surface area contributed by atoms with Gasteiger partial charge in [-0.25, -0.2) is 0 Å². The van der Waals surface area contributed by atoms with E-state index in [1.54, 1.807) is 14.2 Å². The molecule has 0 aliphatic carbocycles. The molecule has 0 atom stereocenters. The summed E-state index contributed by atoms with van der Waals surface area (Å²) in [6.07, 6.45) is 4.12. The zero-order valence-electron chi connectivity index (χ0n) is 12.0. The fraction of sp³-hybridized carbons (Fsp3) is 0.176. The Morgan fingerprint density at radius 1 is 0.800 bits per heavy atom. The van der Waals surface area contributed by atoms with Gasteiger partial charge in [-0.3, -0.25) is 0 Å². The molecule has 3 heteroatoms. The van der Waals surface area contributed by atoms with E-state index in [9.17, 15) is 0 Å². The Hall–Kier alpha value is -2.42. The normalized spacial score (nSPS) is 10.6. The summed E-state index contributed by atoms with van der Waals surface area (Å²) in [4.78, 5) is 0. The molecule has 2 aromatic carbocycles. The molecule has 104 valence electrons. The van der Waals surface area contributed by atoms with Crippen molar-refractivity contribution >= 4 is 17.8 Å². The molecule has 2 rings (SSSR count). The van der Waals surface area contributed by atoms with Gasteiger partial charge in [-0.2, -0.15) is 0 Å². The highest BCUT2D eigenvalue weighted by Gasteiger charge is 1.98. The first kappa shape index (κ1) is 14.0. The van der Waals surface area contributed by atoms with Crippen LogP contribution in [0.5, 0.6) is 11.5 Å². The largest absolute Gasteiger partial charge is 0.497 e. The Bertz CT molecular complexity index is 566. The van der Waals surface area contributed by atoms with Crippen LogP contribution in [0.1, 0.15) is 11.1 Å². The third-order valence-electron chi connectivity index (χ3n) is 3.04. The molecule has 0 aliphatic heterocycles. The quantitative estimate of drug-likeness (QED) is 0.835. The van der Waals surface area contributed by atoms with E-state index in [1.165, 1.54) is 0 Å². The van der Waals surface area contributed by atoms with E-state index >= 15 is 0 Å².